The van der Waals surface area contributed by atoms with Crippen molar-refractivity contribution in [2.75, 3.05) is 19.7 Å². The molecular weight excluding hydrogens is 369 g/mol. The van der Waals surface area contributed by atoms with E-state index in [2.05, 4.69) is 21.4 Å². The Bertz CT molecular complexity index is 628. The van der Waals surface area contributed by atoms with E-state index in [1.807, 2.05) is 26.0 Å². The van der Waals surface area contributed by atoms with Gasteiger partial charge in [0, 0.05) is 19.1 Å². The Labute approximate surface area is 164 Å². The van der Waals surface area contributed by atoms with Crippen LogP contribution in [0.25, 0.3) is 0 Å². The van der Waals surface area contributed by atoms with Crippen molar-refractivity contribution in [1.29, 1.82) is 0 Å². The van der Waals surface area contributed by atoms with E-state index in [1.54, 1.807) is 18.2 Å². The number of hydrogen-bond acceptors (Lipinski definition) is 3. The van der Waals surface area contributed by atoms with E-state index >= 15 is 0 Å². The van der Waals surface area contributed by atoms with E-state index in [9.17, 15) is 18.0 Å². The third-order valence-corrected chi connectivity index (χ3v) is 3.68. The van der Waals surface area contributed by atoms with Gasteiger partial charge in [0.25, 0.3) is 0 Å². The molecule has 1 heterocycles. The number of allylic oxidation sites excluding steroid dienone is 5. The average Bonchev–Trinajstić information content (AvgIpc) is 3.42. The molecule has 0 radical (unpaired) electrons. The Kier molecular flexibility index (Phi) is 11.0. The van der Waals surface area contributed by atoms with E-state index < -0.39 is 12.8 Å². The first-order chi connectivity index (χ1) is 13.3. The quantitative estimate of drug-likeness (QED) is 0.292. The highest BCUT2D eigenvalue weighted by Crippen LogP contribution is 2.14. The number of halogens is 3. The molecule has 1 fully saturated rings. The monoisotopic (exact) mass is 398 g/mol. The second kappa shape index (κ2) is 13.0. The molecule has 0 bridgehead atoms. The molecular formula is C21H29F3N2O2. The fourth-order valence-electron chi connectivity index (χ4n) is 2.29. The zero-order valence-electron chi connectivity index (χ0n) is 16.4. The molecule has 1 amide bonds. The minimum atomic E-state index is -4.36. The fraction of sp³-hybridized carbons (Fsp3) is 0.476. The first-order valence-corrected chi connectivity index (χ1v) is 9.36. The lowest BCUT2D eigenvalue weighted by Gasteiger charge is -2.07. The molecule has 0 aromatic rings. The van der Waals surface area contributed by atoms with Crippen molar-refractivity contribution < 1.29 is 22.7 Å². The van der Waals surface area contributed by atoms with Crippen LogP contribution in [0, 0.1) is 0 Å². The molecule has 1 aliphatic heterocycles. The van der Waals surface area contributed by atoms with Gasteiger partial charge in [-0.3, -0.25) is 4.79 Å². The van der Waals surface area contributed by atoms with Crippen LogP contribution in [0.4, 0.5) is 13.2 Å². The predicted octanol–water partition coefficient (Wildman–Crippen LogP) is 4.34. The second-order valence-electron chi connectivity index (χ2n) is 6.38. The molecule has 1 saturated heterocycles. The van der Waals surface area contributed by atoms with E-state index in [-0.39, 0.29) is 18.9 Å². The van der Waals surface area contributed by atoms with Crippen molar-refractivity contribution in [3.63, 3.8) is 0 Å². The van der Waals surface area contributed by atoms with Crippen LogP contribution in [0.1, 0.15) is 33.1 Å². The summed E-state index contributed by atoms with van der Waals surface area (Å²) in [5.74, 6) is -0.110. The van der Waals surface area contributed by atoms with Gasteiger partial charge in [0.05, 0.1) is 12.7 Å². The minimum Gasteiger partial charge on any atom is -0.492 e. The first kappa shape index (κ1) is 23.8. The molecule has 28 heavy (non-hydrogen) atoms. The number of alkyl halides is 3. The molecule has 1 atom stereocenters. The zero-order chi connectivity index (χ0) is 20.8. The highest BCUT2D eigenvalue weighted by Gasteiger charge is 2.27. The molecule has 4 nitrogen and oxygen atoms in total. The molecule has 156 valence electrons. The van der Waals surface area contributed by atoms with Crippen LogP contribution >= 0.6 is 0 Å². The van der Waals surface area contributed by atoms with Crippen LogP contribution in [0.5, 0.6) is 0 Å². The lowest BCUT2D eigenvalue weighted by molar-refractivity contribution is -0.161. The maximum atomic E-state index is 12.2. The standard InChI is InChI=1S/C21H29F3N2O2/c1-3-7-17(9-5-11-19-15-25-19)13-20(27)26-14-18(8-4-2)10-6-12-28-16-21(22,23)24/h4-10,12,19,25H,3,11,13-16H2,1-2H3,(H,26,27)/b8-4-,9-5-,12-6+,17-7+,18-10+. The van der Waals surface area contributed by atoms with E-state index in [0.717, 1.165) is 36.8 Å². The van der Waals surface area contributed by atoms with Crippen LogP contribution in [-0.4, -0.2) is 37.8 Å². The largest absolute Gasteiger partial charge is 0.492 e. The summed E-state index contributed by atoms with van der Waals surface area (Å²) in [7, 11) is 0. The van der Waals surface area contributed by atoms with Crippen LogP contribution in [0.2, 0.25) is 0 Å². The highest BCUT2D eigenvalue weighted by molar-refractivity contribution is 5.79. The molecule has 7 heteroatoms. The summed E-state index contributed by atoms with van der Waals surface area (Å²) >= 11 is 0. The summed E-state index contributed by atoms with van der Waals surface area (Å²) in [5, 5.41) is 6.06. The molecule has 1 aliphatic rings. The van der Waals surface area contributed by atoms with E-state index in [0.29, 0.717) is 6.04 Å². The van der Waals surface area contributed by atoms with Crippen molar-refractivity contribution in [3.8, 4) is 0 Å². The third kappa shape index (κ3) is 13.0. The van der Waals surface area contributed by atoms with Crippen molar-refractivity contribution in [2.24, 2.45) is 0 Å². The van der Waals surface area contributed by atoms with Gasteiger partial charge in [-0.05, 0) is 37.0 Å². The number of rotatable bonds is 12. The summed E-state index contributed by atoms with van der Waals surface area (Å²) in [6.45, 7) is 3.84. The predicted molar refractivity (Wildman–Crippen MR) is 106 cm³/mol. The molecule has 0 saturated carbocycles. The normalized spacial score (nSPS) is 18.4. The topological polar surface area (TPSA) is 60.3 Å². The van der Waals surface area contributed by atoms with Gasteiger partial charge in [-0.2, -0.15) is 13.2 Å². The lowest BCUT2D eigenvalue weighted by Crippen LogP contribution is -2.25. The molecule has 0 aromatic carbocycles. The number of nitrogens with one attached hydrogen (secondary N) is 2. The number of hydrogen-bond donors (Lipinski definition) is 2. The molecule has 1 unspecified atom stereocenters. The van der Waals surface area contributed by atoms with Crippen LogP contribution in [-0.2, 0) is 9.53 Å². The third-order valence-electron chi connectivity index (χ3n) is 3.68. The van der Waals surface area contributed by atoms with E-state index in [1.165, 1.54) is 6.08 Å². The van der Waals surface area contributed by atoms with E-state index in [4.69, 9.17) is 0 Å². The number of amides is 1. The number of ether oxygens (including phenoxy) is 1. The SMILES string of the molecule is C\C=C/C(=C\C=C\OCC(F)(F)F)CNC(=O)CC(/C=C\CC1CN1)=C/CC. The molecule has 2 N–H and O–H groups in total. The van der Waals surface area contributed by atoms with Crippen LogP contribution in [0.15, 0.2) is 59.9 Å². The van der Waals surface area contributed by atoms with Crippen LogP contribution in [0.3, 0.4) is 0 Å². The Morgan fingerprint density at radius 2 is 2.04 bits per heavy atom. The minimum absolute atomic E-state index is 0.110. The first-order valence-electron chi connectivity index (χ1n) is 9.36. The molecule has 0 aromatic heterocycles. The summed E-state index contributed by atoms with van der Waals surface area (Å²) in [5.41, 5.74) is 1.72. The molecule has 1 rings (SSSR count). The lowest BCUT2D eigenvalue weighted by atomic mass is 10.1. The van der Waals surface area contributed by atoms with Gasteiger partial charge in [-0.1, -0.05) is 43.4 Å². The maximum absolute atomic E-state index is 12.2. The zero-order valence-corrected chi connectivity index (χ0v) is 16.4. The second-order valence-corrected chi connectivity index (χ2v) is 6.38. The highest BCUT2D eigenvalue weighted by atomic mass is 19.4. The Morgan fingerprint density at radius 3 is 2.64 bits per heavy atom. The van der Waals surface area contributed by atoms with Gasteiger partial charge in [0.2, 0.25) is 5.91 Å². The van der Waals surface area contributed by atoms with Crippen molar-refractivity contribution in [3.05, 3.63) is 59.9 Å². The Hall–Kier alpha value is -2.28. The molecule has 0 spiro atoms. The van der Waals surface area contributed by atoms with Crippen molar-refractivity contribution >= 4 is 5.91 Å². The Balaban J connectivity index is 2.47. The van der Waals surface area contributed by atoms with Crippen molar-refractivity contribution in [2.45, 2.75) is 45.3 Å². The van der Waals surface area contributed by atoms with Gasteiger partial charge in [0.15, 0.2) is 6.61 Å². The van der Waals surface area contributed by atoms with Crippen LogP contribution < -0.4 is 10.6 Å². The summed E-state index contributed by atoms with van der Waals surface area (Å²) < 4.78 is 40.4. The smallest absolute Gasteiger partial charge is 0.422 e. The summed E-state index contributed by atoms with van der Waals surface area (Å²) in [6, 6.07) is 0.564. The summed E-state index contributed by atoms with van der Waals surface area (Å²) in [6.07, 6.45) is 11.4. The maximum Gasteiger partial charge on any atom is 0.422 e. The number of carbonyl (C=O) groups is 1. The average molecular weight is 398 g/mol. The Morgan fingerprint density at radius 1 is 1.29 bits per heavy atom. The van der Waals surface area contributed by atoms with Gasteiger partial charge >= 0.3 is 6.18 Å². The molecule has 0 aliphatic carbocycles. The van der Waals surface area contributed by atoms with Gasteiger partial charge in [-0.25, -0.2) is 0 Å². The summed E-state index contributed by atoms with van der Waals surface area (Å²) in [4.78, 5) is 12.2. The van der Waals surface area contributed by atoms with Crippen molar-refractivity contribution in [1.82, 2.24) is 10.6 Å². The fourth-order valence-corrected chi connectivity index (χ4v) is 2.29. The number of carbonyl (C=O) groups excluding carboxylic acids is 1. The van der Waals surface area contributed by atoms with Gasteiger partial charge in [0.1, 0.15) is 0 Å². The van der Waals surface area contributed by atoms with Gasteiger partial charge in [-0.15, -0.1) is 0 Å². The van der Waals surface area contributed by atoms with Gasteiger partial charge < -0.3 is 15.4 Å².